The normalized spacial score (nSPS) is 14.2. The van der Waals surface area contributed by atoms with E-state index in [9.17, 15) is 13.2 Å². The Bertz CT molecular complexity index is 860. The molecular formula is C19H22N2O3S. The Morgan fingerprint density at radius 2 is 1.84 bits per heavy atom. The number of nitrogens with one attached hydrogen (secondary N) is 1. The van der Waals surface area contributed by atoms with Crippen LogP contribution in [0, 0.1) is 0 Å². The van der Waals surface area contributed by atoms with Crippen molar-refractivity contribution >= 4 is 21.5 Å². The lowest BCUT2D eigenvalue weighted by molar-refractivity contribution is 0.101. The maximum Gasteiger partial charge on any atom is 0.240 e. The van der Waals surface area contributed by atoms with Crippen LogP contribution in [0.15, 0.2) is 53.4 Å². The van der Waals surface area contributed by atoms with Gasteiger partial charge in [-0.25, -0.2) is 13.1 Å². The first-order valence-electron chi connectivity index (χ1n) is 8.41. The maximum absolute atomic E-state index is 12.4. The topological polar surface area (TPSA) is 66.5 Å². The Balaban J connectivity index is 1.63. The highest BCUT2D eigenvalue weighted by atomic mass is 32.2. The fraction of sp³-hybridized carbons (Fsp3) is 0.316. The first-order valence-corrected chi connectivity index (χ1v) is 9.89. The van der Waals surface area contributed by atoms with E-state index in [-0.39, 0.29) is 10.7 Å². The standard InChI is InChI=1S/C19H22N2O3S/c1-15(22)16-8-10-18(11-9-16)25(23,24)20-12-14-21-13-4-6-17-5-2-3-7-19(17)21/h2-3,5,7-11,20H,4,6,12-14H2,1H3. The molecule has 0 amide bonds. The molecule has 0 unspecified atom stereocenters. The second-order valence-corrected chi connectivity index (χ2v) is 7.96. The fourth-order valence-corrected chi connectivity index (χ4v) is 4.13. The minimum absolute atomic E-state index is 0.0827. The molecule has 6 heteroatoms. The Hall–Kier alpha value is -2.18. The lowest BCUT2D eigenvalue weighted by Crippen LogP contribution is -2.37. The summed E-state index contributed by atoms with van der Waals surface area (Å²) in [6, 6.07) is 14.3. The van der Waals surface area contributed by atoms with Gasteiger partial charge in [0.25, 0.3) is 0 Å². The molecule has 3 rings (SSSR count). The molecule has 0 bridgehead atoms. The van der Waals surface area contributed by atoms with Crippen LogP contribution in [0.5, 0.6) is 0 Å². The number of sulfonamides is 1. The number of ketones is 1. The smallest absolute Gasteiger partial charge is 0.240 e. The second-order valence-electron chi connectivity index (χ2n) is 6.20. The van der Waals surface area contributed by atoms with Gasteiger partial charge >= 0.3 is 0 Å². The summed E-state index contributed by atoms with van der Waals surface area (Å²) in [6.07, 6.45) is 2.15. The van der Waals surface area contributed by atoms with Gasteiger partial charge in [-0.15, -0.1) is 0 Å². The fourth-order valence-electron chi connectivity index (χ4n) is 3.11. The number of carbonyl (C=O) groups is 1. The molecule has 0 radical (unpaired) electrons. The molecule has 0 fully saturated rings. The van der Waals surface area contributed by atoms with Crippen molar-refractivity contribution in [2.45, 2.75) is 24.7 Å². The summed E-state index contributed by atoms with van der Waals surface area (Å²) in [6.45, 7) is 3.36. The first kappa shape index (κ1) is 17.6. The molecule has 132 valence electrons. The number of aryl methyl sites for hydroxylation is 1. The lowest BCUT2D eigenvalue weighted by atomic mass is 10.0. The molecule has 2 aromatic carbocycles. The van der Waals surface area contributed by atoms with Crippen molar-refractivity contribution in [1.82, 2.24) is 4.72 Å². The number of nitrogens with zero attached hydrogens (tertiary/aromatic N) is 1. The molecule has 1 N–H and O–H groups in total. The van der Waals surface area contributed by atoms with Crippen LogP contribution in [-0.4, -0.2) is 33.8 Å². The van der Waals surface area contributed by atoms with E-state index in [4.69, 9.17) is 0 Å². The number of benzene rings is 2. The Kier molecular flexibility index (Phi) is 5.20. The number of rotatable bonds is 6. The van der Waals surface area contributed by atoms with Crippen LogP contribution in [0.1, 0.15) is 29.3 Å². The van der Waals surface area contributed by atoms with E-state index in [0.29, 0.717) is 18.7 Å². The minimum Gasteiger partial charge on any atom is -0.370 e. The average molecular weight is 358 g/mol. The molecule has 0 aliphatic carbocycles. The summed E-state index contributed by atoms with van der Waals surface area (Å²) < 4.78 is 27.4. The predicted molar refractivity (Wildman–Crippen MR) is 98.6 cm³/mol. The number of hydrogen-bond acceptors (Lipinski definition) is 4. The summed E-state index contributed by atoms with van der Waals surface area (Å²) in [7, 11) is -3.57. The van der Waals surface area contributed by atoms with Crippen LogP contribution < -0.4 is 9.62 Å². The average Bonchev–Trinajstić information content (AvgIpc) is 2.62. The molecule has 0 saturated heterocycles. The molecule has 2 aromatic rings. The van der Waals surface area contributed by atoms with E-state index in [0.717, 1.165) is 19.4 Å². The van der Waals surface area contributed by atoms with Gasteiger partial charge in [-0.1, -0.05) is 30.3 Å². The van der Waals surface area contributed by atoms with E-state index in [1.54, 1.807) is 0 Å². The third kappa shape index (κ3) is 4.08. The number of carbonyl (C=O) groups excluding carboxylic acids is 1. The van der Waals surface area contributed by atoms with Crippen LogP contribution in [0.3, 0.4) is 0 Å². The van der Waals surface area contributed by atoms with Gasteiger partial charge in [-0.3, -0.25) is 4.79 Å². The van der Waals surface area contributed by atoms with Crippen molar-refractivity contribution in [2.24, 2.45) is 0 Å². The van der Waals surface area contributed by atoms with Gasteiger partial charge in [0.15, 0.2) is 5.78 Å². The van der Waals surface area contributed by atoms with Gasteiger partial charge in [-0.2, -0.15) is 0 Å². The van der Waals surface area contributed by atoms with Crippen molar-refractivity contribution in [3.8, 4) is 0 Å². The Morgan fingerprint density at radius 1 is 1.12 bits per heavy atom. The molecule has 25 heavy (non-hydrogen) atoms. The van der Waals surface area contributed by atoms with E-state index >= 15 is 0 Å². The molecule has 0 saturated carbocycles. The molecule has 5 nitrogen and oxygen atoms in total. The highest BCUT2D eigenvalue weighted by Crippen LogP contribution is 2.26. The van der Waals surface area contributed by atoms with Gasteiger partial charge in [0.1, 0.15) is 0 Å². The zero-order valence-electron chi connectivity index (χ0n) is 14.2. The van der Waals surface area contributed by atoms with E-state index in [1.165, 1.54) is 42.4 Å². The van der Waals surface area contributed by atoms with E-state index in [1.807, 2.05) is 12.1 Å². The monoisotopic (exact) mass is 358 g/mol. The lowest BCUT2D eigenvalue weighted by Gasteiger charge is -2.31. The maximum atomic E-state index is 12.4. The third-order valence-electron chi connectivity index (χ3n) is 4.45. The molecular weight excluding hydrogens is 336 g/mol. The van der Waals surface area contributed by atoms with Gasteiger partial charge < -0.3 is 4.90 Å². The van der Waals surface area contributed by atoms with E-state index < -0.39 is 10.0 Å². The highest BCUT2D eigenvalue weighted by Gasteiger charge is 2.18. The number of para-hydroxylation sites is 1. The highest BCUT2D eigenvalue weighted by molar-refractivity contribution is 7.89. The molecule has 0 spiro atoms. The third-order valence-corrected chi connectivity index (χ3v) is 5.93. The Labute approximate surface area is 148 Å². The molecule has 0 aromatic heterocycles. The van der Waals surface area contributed by atoms with Crippen molar-refractivity contribution in [3.05, 3.63) is 59.7 Å². The van der Waals surface area contributed by atoms with Gasteiger partial charge in [0.2, 0.25) is 10.0 Å². The first-order chi connectivity index (χ1) is 12.0. The summed E-state index contributed by atoms with van der Waals surface area (Å²) in [5, 5.41) is 0. The minimum atomic E-state index is -3.57. The zero-order valence-corrected chi connectivity index (χ0v) is 15.1. The molecule has 1 aliphatic rings. The van der Waals surface area contributed by atoms with Crippen LogP contribution in [-0.2, 0) is 16.4 Å². The van der Waals surface area contributed by atoms with Crippen molar-refractivity contribution < 1.29 is 13.2 Å². The predicted octanol–water partition coefficient (Wildman–Crippen LogP) is 2.62. The summed E-state index contributed by atoms with van der Waals surface area (Å²) >= 11 is 0. The van der Waals surface area contributed by atoms with Crippen LogP contribution in [0.4, 0.5) is 5.69 Å². The number of fused-ring (bicyclic) bond motifs is 1. The van der Waals surface area contributed by atoms with Crippen LogP contribution in [0.2, 0.25) is 0 Å². The summed E-state index contributed by atoms with van der Waals surface area (Å²) in [4.78, 5) is 13.7. The Morgan fingerprint density at radius 3 is 2.56 bits per heavy atom. The van der Waals surface area contributed by atoms with Gasteiger partial charge in [0.05, 0.1) is 4.90 Å². The van der Waals surface area contributed by atoms with E-state index in [2.05, 4.69) is 21.8 Å². The largest absolute Gasteiger partial charge is 0.370 e. The summed E-state index contributed by atoms with van der Waals surface area (Å²) in [5.74, 6) is -0.0827. The quantitative estimate of drug-likeness (QED) is 0.806. The van der Waals surface area contributed by atoms with Gasteiger partial charge in [-0.05, 0) is 43.5 Å². The molecule has 1 aliphatic heterocycles. The number of hydrogen-bond donors (Lipinski definition) is 1. The van der Waals surface area contributed by atoms with Crippen LogP contribution >= 0.6 is 0 Å². The molecule has 0 atom stereocenters. The van der Waals surface area contributed by atoms with Crippen LogP contribution in [0.25, 0.3) is 0 Å². The number of Topliss-reactive ketones (excluding diaryl/α,β-unsaturated/α-hetero) is 1. The van der Waals surface area contributed by atoms with Crippen molar-refractivity contribution in [3.63, 3.8) is 0 Å². The van der Waals surface area contributed by atoms with Crippen molar-refractivity contribution in [1.29, 1.82) is 0 Å². The summed E-state index contributed by atoms with van der Waals surface area (Å²) in [5.41, 5.74) is 3.01. The second kappa shape index (κ2) is 7.37. The number of anilines is 1. The van der Waals surface area contributed by atoms with Crippen molar-refractivity contribution in [2.75, 3.05) is 24.5 Å². The SMILES string of the molecule is CC(=O)c1ccc(S(=O)(=O)NCCN2CCCc3ccccc32)cc1. The van der Waals surface area contributed by atoms with Gasteiger partial charge in [0, 0.05) is 30.9 Å². The molecule has 1 heterocycles. The zero-order chi connectivity index (χ0) is 17.9.